The Hall–Kier alpha value is -1.59. The Bertz CT molecular complexity index is 557. The Balaban J connectivity index is 1.66. The zero-order valence-electron chi connectivity index (χ0n) is 14.4. The zero-order valence-corrected chi connectivity index (χ0v) is 14.4. The molecule has 0 aliphatic carbocycles. The molecule has 5 heteroatoms. The van der Waals surface area contributed by atoms with Gasteiger partial charge in [-0.2, -0.15) is 0 Å². The van der Waals surface area contributed by atoms with E-state index in [0.29, 0.717) is 24.6 Å². The molecule has 2 saturated heterocycles. The molecule has 1 aromatic rings. The Morgan fingerprint density at radius 3 is 3.00 bits per heavy atom. The maximum Gasteiger partial charge on any atom is 0.254 e. The minimum Gasteiger partial charge on any atom is -0.491 e. The van der Waals surface area contributed by atoms with Crippen molar-refractivity contribution in [3.8, 4) is 5.75 Å². The Morgan fingerprint density at radius 2 is 2.25 bits per heavy atom. The molecule has 132 valence electrons. The molecule has 0 spiro atoms. The number of carbonyl (C=O) groups is 1. The van der Waals surface area contributed by atoms with E-state index in [1.807, 2.05) is 29.2 Å². The third-order valence-corrected chi connectivity index (χ3v) is 5.16. The van der Waals surface area contributed by atoms with Crippen LogP contribution in [0.5, 0.6) is 5.75 Å². The van der Waals surface area contributed by atoms with E-state index in [9.17, 15) is 4.79 Å². The highest BCUT2D eigenvalue weighted by atomic mass is 16.5. The fourth-order valence-electron chi connectivity index (χ4n) is 3.71. The second-order valence-electron chi connectivity index (χ2n) is 6.89. The monoisotopic (exact) mass is 332 g/mol. The van der Waals surface area contributed by atoms with Gasteiger partial charge in [0.1, 0.15) is 12.4 Å². The highest BCUT2D eigenvalue weighted by Crippen LogP contribution is 2.25. The van der Waals surface area contributed by atoms with Crippen LogP contribution >= 0.6 is 0 Å². The lowest BCUT2D eigenvalue weighted by molar-refractivity contribution is 0.0531. The number of rotatable bonds is 5. The van der Waals surface area contributed by atoms with Crippen LogP contribution in [0.3, 0.4) is 0 Å². The summed E-state index contributed by atoms with van der Waals surface area (Å²) >= 11 is 0. The van der Waals surface area contributed by atoms with E-state index < -0.39 is 0 Å². The Labute approximate surface area is 144 Å². The number of benzene rings is 1. The largest absolute Gasteiger partial charge is 0.491 e. The van der Waals surface area contributed by atoms with E-state index in [0.717, 1.165) is 44.6 Å². The van der Waals surface area contributed by atoms with Gasteiger partial charge in [-0.05, 0) is 49.8 Å². The minimum atomic E-state index is 0.0552. The Morgan fingerprint density at radius 1 is 1.38 bits per heavy atom. The second kappa shape index (κ2) is 7.99. The van der Waals surface area contributed by atoms with Crippen molar-refractivity contribution in [3.63, 3.8) is 0 Å². The summed E-state index contributed by atoms with van der Waals surface area (Å²) in [5.74, 6) is 1.23. The van der Waals surface area contributed by atoms with E-state index in [-0.39, 0.29) is 18.1 Å². The lowest BCUT2D eigenvalue weighted by Gasteiger charge is -2.39. The van der Waals surface area contributed by atoms with Gasteiger partial charge in [-0.3, -0.25) is 4.79 Å². The van der Waals surface area contributed by atoms with Crippen LogP contribution in [0.1, 0.15) is 43.0 Å². The number of piperidine rings is 1. The summed E-state index contributed by atoms with van der Waals surface area (Å²) in [4.78, 5) is 14.9. The van der Waals surface area contributed by atoms with E-state index in [1.165, 1.54) is 0 Å². The van der Waals surface area contributed by atoms with Crippen LogP contribution in [-0.4, -0.2) is 49.3 Å². The summed E-state index contributed by atoms with van der Waals surface area (Å²) < 4.78 is 11.4. The molecule has 2 N–H and O–H groups in total. The van der Waals surface area contributed by atoms with Gasteiger partial charge < -0.3 is 20.1 Å². The van der Waals surface area contributed by atoms with Crippen LogP contribution in [0, 0.1) is 5.92 Å². The van der Waals surface area contributed by atoms with Gasteiger partial charge in [0.2, 0.25) is 0 Å². The van der Waals surface area contributed by atoms with Crippen LogP contribution in [0.4, 0.5) is 0 Å². The van der Waals surface area contributed by atoms with Crippen molar-refractivity contribution in [2.45, 2.75) is 44.8 Å². The molecular formula is C19H28N2O3. The average molecular weight is 332 g/mol. The van der Waals surface area contributed by atoms with Gasteiger partial charge in [0.05, 0.1) is 6.10 Å². The first-order chi connectivity index (χ1) is 11.7. The van der Waals surface area contributed by atoms with Crippen LogP contribution < -0.4 is 10.5 Å². The average Bonchev–Trinajstić information content (AvgIpc) is 3.13. The molecule has 2 aliphatic heterocycles. The Kier molecular flexibility index (Phi) is 5.74. The summed E-state index contributed by atoms with van der Waals surface area (Å²) in [5, 5.41) is 0. The van der Waals surface area contributed by atoms with E-state index >= 15 is 0 Å². The molecule has 5 nitrogen and oxygen atoms in total. The first-order valence-electron chi connectivity index (χ1n) is 9.04. The molecule has 0 bridgehead atoms. The van der Waals surface area contributed by atoms with Crippen LogP contribution in [0.25, 0.3) is 0 Å². The van der Waals surface area contributed by atoms with Crippen molar-refractivity contribution in [2.75, 3.05) is 26.3 Å². The first-order valence-corrected chi connectivity index (χ1v) is 9.04. The van der Waals surface area contributed by atoms with Crippen molar-refractivity contribution < 1.29 is 14.3 Å². The van der Waals surface area contributed by atoms with Crippen molar-refractivity contribution in [2.24, 2.45) is 11.7 Å². The molecule has 0 unspecified atom stereocenters. The summed E-state index contributed by atoms with van der Waals surface area (Å²) in [6.07, 6.45) is 4.49. The maximum atomic E-state index is 12.9. The molecule has 2 aliphatic rings. The molecule has 3 atom stereocenters. The predicted octanol–water partition coefficient (Wildman–Crippen LogP) is 2.44. The SMILES string of the molecule is C[C@@H]1CCCN(C(=O)c2cccc(OC[C@H]3CCCO3)c2)[C@H]1CN. The quantitative estimate of drug-likeness (QED) is 0.899. The molecule has 1 aromatic carbocycles. The van der Waals surface area contributed by atoms with Gasteiger partial charge in [-0.15, -0.1) is 0 Å². The van der Waals surface area contributed by atoms with Gasteiger partial charge >= 0.3 is 0 Å². The van der Waals surface area contributed by atoms with Gasteiger partial charge in [-0.1, -0.05) is 13.0 Å². The molecule has 1 amide bonds. The smallest absolute Gasteiger partial charge is 0.254 e. The van der Waals surface area contributed by atoms with Crippen molar-refractivity contribution in [1.82, 2.24) is 4.90 Å². The topological polar surface area (TPSA) is 64.8 Å². The van der Waals surface area contributed by atoms with Gasteiger partial charge in [-0.25, -0.2) is 0 Å². The van der Waals surface area contributed by atoms with Gasteiger partial charge in [0, 0.05) is 31.3 Å². The van der Waals surface area contributed by atoms with E-state index in [1.54, 1.807) is 0 Å². The zero-order chi connectivity index (χ0) is 16.9. The molecule has 0 saturated carbocycles. The summed E-state index contributed by atoms with van der Waals surface area (Å²) in [6, 6.07) is 7.59. The second-order valence-corrected chi connectivity index (χ2v) is 6.89. The third kappa shape index (κ3) is 3.90. The standard InChI is InChI=1S/C19H28N2O3/c1-14-5-3-9-21(18(14)12-20)19(22)15-6-2-7-16(11-15)24-13-17-8-4-10-23-17/h2,6-7,11,14,17-18H,3-5,8-10,12-13,20H2,1H3/t14-,17-,18+/m1/s1. The minimum absolute atomic E-state index is 0.0552. The van der Waals surface area contributed by atoms with Crippen molar-refractivity contribution >= 4 is 5.91 Å². The number of amides is 1. The molecular weight excluding hydrogens is 304 g/mol. The normalized spacial score (nSPS) is 27.2. The third-order valence-electron chi connectivity index (χ3n) is 5.16. The molecule has 3 rings (SSSR count). The van der Waals surface area contributed by atoms with Gasteiger partial charge in [0.15, 0.2) is 0 Å². The van der Waals surface area contributed by atoms with E-state index in [2.05, 4.69) is 6.92 Å². The van der Waals surface area contributed by atoms with Crippen molar-refractivity contribution in [3.05, 3.63) is 29.8 Å². The molecule has 24 heavy (non-hydrogen) atoms. The molecule has 2 fully saturated rings. The summed E-state index contributed by atoms with van der Waals surface area (Å²) in [7, 11) is 0. The number of nitrogens with two attached hydrogens (primary N) is 1. The van der Waals surface area contributed by atoms with Crippen LogP contribution in [0.15, 0.2) is 24.3 Å². The highest BCUT2D eigenvalue weighted by Gasteiger charge is 2.31. The molecule has 0 radical (unpaired) electrons. The highest BCUT2D eigenvalue weighted by molar-refractivity contribution is 5.95. The number of likely N-dealkylation sites (tertiary alicyclic amines) is 1. The summed E-state index contributed by atoms with van der Waals surface area (Å²) in [5.41, 5.74) is 6.59. The molecule has 2 heterocycles. The van der Waals surface area contributed by atoms with E-state index in [4.69, 9.17) is 15.2 Å². The maximum absolute atomic E-state index is 12.9. The summed E-state index contributed by atoms with van der Waals surface area (Å²) in [6.45, 7) is 4.84. The number of nitrogens with zero attached hydrogens (tertiary/aromatic N) is 1. The first kappa shape index (κ1) is 17.2. The predicted molar refractivity (Wildman–Crippen MR) is 93.2 cm³/mol. The van der Waals surface area contributed by atoms with Crippen LogP contribution in [-0.2, 0) is 4.74 Å². The number of ether oxygens (including phenoxy) is 2. The van der Waals surface area contributed by atoms with Crippen LogP contribution in [0.2, 0.25) is 0 Å². The van der Waals surface area contributed by atoms with Gasteiger partial charge in [0.25, 0.3) is 5.91 Å². The lowest BCUT2D eigenvalue weighted by atomic mass is 9.90. The van der Waals surface area contributed by atoms with Crippen molar-refractivity contribution in [1.29, 1.82) is 0 Å². The lowest BCUT2D eigenvalue weighted by Crippen LogP contribution is -2.51. The fourth-order valence-corrected chi connectivity index (χ4v) is 3.71. The number of carbonyl (C=O) groups excluding carboxylic acids is 1. The number of hydrogen-bond acceptors (Lipinski definition) is 4. The fraction of sp³-hybridized carbons (Fsp3) is 0.632. The number of hydrogen-bond donors (Lipinski definition) is 1. The molecule has 0 aromatic heterocycles.